The molecule has 0 aromatic heterocycles. The normalized spacial score (nSPS) is 30.2. The van der Waals surface area contributed by atoms with Crippen molar-refractivity contribution in [1.82, 2.24) is 0 Å². The van der Waals surface area contributed by atoms with E-state index in [1.165, 1.54) is 19.3 Å². The molecule has 4 nitrogen and oxygen atoms in total. The van der Waals surface area contributed by atoms with Crippen LogP contribution in [-0.2, 0) is 18.0 Å². The molecule has 1 aliphatic carbocycles. The SMILES string of the molecule is CCO[Si](CC[C@H]1CC[C@H]2O[C@@H]2C1)(OCC)OCC. The van der Waals surface area contributed by atoms with Crippen LogP contribution in [0, 0.1) is 5.92 Å². The molecule has 0 unspecified atom stereocenters. The van der Waals surface area contributed by atoms with Gasteiger partial charge in [-0.1, -0.05) is 0 Å². The van der Waals surface area contributed by atoms with E-state index in [-0.39, 0.29) is 0 Å². The molecule has 2 rings (SSSR count). The first-order valence-electron chi connectivity index (χ1n) is 7.80. The highest BCUT2D eigenvalue weighted by atomic mass is 28.4. The molecule has 2 fully saturated rings. The second-order valence-corrected chi connectivity index (χ2v) is 8.14. The minimum Gasteiger partial charge on any atom is -0.374 e. The second-order valence-electron chi connectivity index (χ2n) is 5.41. The summed E-state index contributed by atoms with van der Waals surface area (Å²) in [5.74, 6) is 0.761. The predicted molar refractivity (Wildman–Crippen MR) is 76.1 cm³/mol. The van der Waals surface area contributed by atoms with E-state index in [4.69, 9.17) is 18.0 Å². The van der Waals surface area contributed by atoms with Crippen molar-refractivity contribution >= 4 is 8.80 Å². The van der Waals surface area contributed by atoms with Crippen LogP contribution in [0.3, 0.4) is 0 Å². The molecule has 1 aliphatic heterocycles. The molecule has 1 saturated carbocycles. The summed E-state index contributed by atoms with van der Waals surface area (Å²) >= 11 is 0. The molecule has 0 radical (unpaired) electrons. The summed E-state index contributed by atoms with van der Waals surface area (Å²) in [5.41, 5.74) is 0. The number of hydrogen-bond acceptors (Lipinski definition) is 4. The molecule has 0 spiro atoms. The van der Waals surface area contributed by atoms with Crippen LogP contribution < -0.4 is 0 Å². The number of ether oxygens (including phenoxy) is 1. The Kier molecular flexibility index (Phi) is 5.83. The van der Waals surface area contributed by atoms with E-state index in [2.05, 4.69) is 0 Å². The second kappa shape index (κ2) is 7.18. The van der Waals surface area contributed by atoms with Crippen LogP contribution >= 0.6 is 0 Å². The third-order valence-corrected chi connectivity index (χ3v) is 7.15. The summed E-state index contributed by atoms with van der Waals surface area (Å²) in [5, 5.41) is 0. The Morgan fingerprint density at radius 1 is 0.947 bits per heavy atom. The van der Waals surface area contributed by atoms with Gasteiger partial charge in [0.15, 0.2) is 0 Å². The quantitative estimate of drug-likeness (QED) is 0.483. The summed E-state index contributed by atoms with van der Waals surface area (Å²) in [6, 6.07) is 0.949. The molecule has 1 heterocycles. The van der Waals surface area contributed by atoms with Gasteiger partial charge in [-0.3, -0.25) is 0 Å². The first kappa shape index (κ1) is 15.4. The van der Waals surface area contributed by atoms with E-state index in [0.29, 0.717) is 32.0 Å². The fraction of sp³-hybridized carbons (Fsp3) is 1.00. The minimum absolute atomic E-state index is 0.557. The van der Waals surface area contributed by atoms with Gasteiger partial charge in [-0.2, -0.15) is 0 Å². The Bertz CT molecular complexity index is 257. The smallest absolute Gasteiger partial charge is 0.374 e. The molecule has 112 valence electrons. The Balaban J connectivity index is 1.82. The lowest BCUT2D eigenvalue weighted by molar-refractivity contribution is 0.0691. The number of hydrogen-bond donors (Lipinski definition) is 0. The lowest BCUT2D eigenvalue weighted by Gasteiger charge is -2.30. The zero-order valence-electron chi connectivity index (χ0n) is 12.5. The fourth-order valence-corrected chi connectivity index (χ4v) is 5.90. The average Bonchev–Trinajstić information content (AvgIpc) is 3.16. The average molecular weight is 288 g/mol. The Morgan fingerprint density at radius 2 is 1.58 bits per heavy atom. The van der Waals surface area contributed by atoms with Crippen LogP contribution in [0.4, 0.5) is 0 Å². The van der Waals surface area contributed by atoms with Gasteiger partial charge in [0, 0.05) is 25.9 Å². The first-order chi connectivity index (χ1) is 9.23. The van der Waals surface area contributed by atoms with Crippen molar-refractivity contribution < 1.29 is 18.0 Å². The topological polar surface area (TPSA) is 40.2 Å². The van der Waals surface area contributed by atoms with Gasteiger partial charge in [0.25, 0.3) is 0 Å². The van der Waals surface area contributed by atoms with Crippen molar-refractivity contribution in [2.24, 2.45) is 5.92 Å². The summed E-state index contributed by atoms with van der Waals surface area (Å²) in [7, 11) is -2.43. The maximum atomic E-state index is 5.90. The molecular formula is C14H28O4Si. The highest BCUT2D eigenvalue weighted by Crippen LogP contribution is 2.41. The van der Waals surface area contributed by atoms with Gasteiger partial charge in [0.05, 0.1) is 12.2 Å². The van der Waals surface area contributed by atoms with Gasteiger partial charge in [0.1, 0.15) is 0 Å². The van der Waals surface area contributed by atoms with Crippen LogP contribution in [0.2, 0.25) is 6.04 Å². The fourth-order valence-electron chi connectivity index (χ4n) is 3.13. The van der Waals surface area contributed by atoms with Crippen molar-refractivity contribution in [2.75, 3.05) is 19.8 Å². The molecule has 0 N–H and O–H groups in total. The summed E-state index contributed by atoms with van der Waals surface area (Å²) in [6.45, 7) is 8.06. The Morgan fingerprint density at radius 3 is 2.11 bits per heavy atom. The maximum absolute atomic E-state index is 5.90. The van der Waals surface area contributed by atoms with Gasteiger partial charge in [-0.05, 0) is 52.4 Å². The largest absolute Gasteiger partial charge is 0.500 e. The monoisotopic (exact) mass is 288 g/mol. The Hall–Kier alpha value is 0.0569. The van der Waals surface area contributed by atoms with Crippen LogP contribution in [-0.4, -0.2) is 40.8 Å². The van der Waals surface area contributed by atoms with E-state index in [9.17, 15) is 0 Å². The Labute approximate surface area is 118 Å². The molecule has 2 aliphatic rings. The van der Waals surface area contributed by atoms with Crippen LogP contribution in [0.5, 0.6) is 0 Å². The summed E-state index contributed by atoms with van der Waals surface area (Å²) in [4.78, 5) is 0. The highest BCUT2D eigenvalue weighted by molar-refractivity contribution is 6.60. The van der Waals surface area contributed by atoms with E-state index >= 15 is 0 Å². The van der Waals surface area contributed by atoms with Gasteiger partial charge < -0.3 is 18.0 Å². The standard InChI is InChI=1S/C14H28O4Si/c1-4-15-19(16-5-2,17-6-3)10-9-12-7-8-13-14(11-12)18-13/h12-14H,4-11H2,1-3H3/t12-,13-,14-/m1/s1. The zero-order chi connectivity index (χ0) is 13.7. The third-order valence-electron chi connectivity index (χ3n) is 4.06. The van der Waals surface area contributed by atoms with Crippen molar-refractivity contribution in [1.29, 1.82) is 0 Å². The summed E-state index contributed by atoms with van der Waals surface area (Å²) < 4.78 is 23.3. The van der Waals surface area contributed by atoms with E-state index in [0.717, 1.165) is 18.4 Å². The molecule has 0 aromatic carbocycles. The van der Waals surface area contributed by atoms with Gasteiger partial charge in [0.2, 0.25) is 0 Å². The lowest BCUT2D eigenvalue weighted by atomic mass is 9.88. The van der Waals surface area contributed by atoms with Gasteiger partial charge >= 0.3 is 8.80 Å². The lowest BCUT2D eigenvalue weighted by Crippen LogP contribution is -2.46. The van der Waals surface area contributed by atoms with Crippen LogP contribution in [0.1, 0.15) is 46.5 Å². The zero-order valence-corrected chi connectivity index (χ0v) is 13.5. The maximum Gasteiger partial charge on any atom is 0.500 e. The molecule has 0 aromatic rings. The van der Waals surface area contributed by atoms with Crippen molar-refractivity contribution in [3.05, 3.63) is 0 Å². The van der Waals surface area contributed by atoms with Crippen LogP contribution in [0.15, 0.2) is 0 Å². The molecule has 0 bridgehead atoms. The first-order valence-corrected chi connectivity index (χ1v) is 9.73. The minimum atomic E-state index is -2.43. The predicted octanol–water partition coefficient (Wildman–Crippen LogP) is 2.99. The molecule has 0 amide bonds. The van der Waals surface area contributed by atoms with E-state index < -0.39 is 8.80 Å². The molecular weight excluding hydrogens is 260 g/mol. The van der Waals surface area contributed by atoms with Crippen LogP contribution in [0.25, 0.3) is 0 Å². The van der Waals surface area contributed by atoms with Gasteiger partial charge in [-0.25, -0.2) is 0 Å². The number of epoxide rings is 1. The van der Waals surface area contributed by atoms with Gasteiger partial charge in [-0.15, -0.1) is 0 Å². The summed E-state index contributed by atoms with van der Waals surface area (Å²) in [6.07, 6.45) is 6.04. The van der Waals surface area contributed by atoms with Crippen molar-refractivity contribution in [3.8, 4) is 0 Å². The molecule has 5 heteroatoms. The molecule has 1 saturated heterocycles. The number of fused-ring (bicyclic) bond motifs is 1. The third kappa shape index (κ3) is 4.26. The van der Waals surface area contributed by atoms with Crippen molar-refractivity contribution in [3.63, 3.8) is 0 Å². The highest BCUT2D eigenvalue weighted by Gasteiger charge is 2.46. The van der Waals surface area contributed by atoms with E-state index in [1.54, 1.807) is 0 Å². The van der Waals surface area contributed by atoms with E-state index in [1.807, 2.05) is 20.8 Å². The molecule has 3 atom stereocenters. The number of rotatable bonds is 9. The van der Waals surface area contributed by atoms with Crippen molar-refractivity contribution in [2.45, 2.75) is 64.7 Å². The molecule has 19 heavy (non-hydrogen) atoms.